The Labute approximate surface area is 115 Å². The highest BCUT2D eigenvalue weighted by atomic mass is 28.3. The Bertz CT molecular complexity index is 281. The molecule has 3 nitrogen and oxygen atoms in total. The van der Waals surface area contributed by atoms with Crippen molar-refractivity contribution in [1.29, 1.82) is 0 Å². The van der Waals surface area contributed by atoms with Gasteiger partial charge in [0.2, 0.25) is 0 Å². The van der Waals surface area contributed by atoms with Crippen LogP contribution in [0.4, 0.5) is 0 Å². The number of nitrogens with zero attached hydrogens (tertiary/aromatic N) is 3. The van der Waals surface area contributed by atoms with E-state index in [1.54, 1.807) is 0 Å². The van der Waals surface area contributed by atoms with Crippen LogP contribution in [0.2, 0.25) is 12.1 Å². The van der Waals surface area contributed by atoms with Gasteiger partial charge in [-0.05, 0) is 60.8 Å². The summed E-state index contributed by atoms with van der Waals surface area (Å²) >= 11 is 0. The van der Waals surface area contributed by atoms with E-state index < -0.39 is 8.24 Å². The third kappa shape index (κ3) is 2.20. The van der Waals surface area contributed by atoms with Crippen molar-refractivity contribution in [2.24, 2.45) is 0 Å². The molecule has 0 amide bonds. The van der Waals surface area contributed by atoms with Gasteiger partial charge in [0.15, 0.2) is 8.24 Å². The lowest BCUT2D eigenvalue weighted by Gasteiger charge is -2.61. The van der Waals surface area contributed by atoms with Crippen molar-refractivity contribution in [3.8, 4) is 0 Å². The lowest BCUT2D eigenvalue weighted by molar-refractivity contribution is 0.0451. The first-order valence-electron chi connectivity index (χ1n) is 6.98. The van der Waals surface area contributed by atoms with Gasteiger partial charge >= 0.3 is 0 Å². The van der Waals surface area contributed by atoms with Crippen LogP contribution in [0.1, 0.15) is 19.3 Å². The Morgan fingerprint density at radius 2 is 1.61 bits per heavy atom. The number of hydrogen-bond acceptors (Lipinski definition) is 3. The van der Waals surface area contributed by atoms with E-state index >= 15 is 0 Å². The summed E-state index contributed by atoms with van der Waals surface area (Å²) in [6.45, 7) is 4.04. The first-order valence-corrected chi connectivity index (χ1v) is 9.34. The average Bonchev–Trinajstić information content (AvgIpc) is 2.28. The molecular formula is C14H31N3Si. The minimum Gasteiger partial charge on any atom is -0.326 e. The minimum absolute atomic E-state index is 0.225. The highest BCUT2D eigenvalue weighted by Gasteiger charge is 2.58. The van der Waals surface area contributed by atoms with E-state index in [4.69, 9.17) is 0 Å². The fraction of sp³-hybridized carbons (Fsp3) is 0.857. The fourth-order valence-corrected chi connectivity index (χ4v) is 10.2. The van der Waals surface area contributed by atoms with E-state index in [2.05, 4.69) is 69.3 Å². The Balaban J connectivity index is 3.35. The van der Waals surface area contributed by atoms with Crippen LogP contribution in [0.3, 0.4) is 0 Å². The Kier molecular flexibility index (Phi) is 5.18. The Hall–Kier alpha value is -0.163. The van der Waals surface area contributed by atoms with Crippen LogP contribution in [0, 0.1) is 0 Å². The van der Waals surface area contributed by atoms with Gasteiger partial charge in [0.1, 0.15) is 0 Å². The molecule has 0 aliphatic carbocycles. The molecule has 18 heavy (non-hydrogen) atoms. The minimum atomic E-state index is -1.60. The summed E-state index contributed by atoms with van der Waals surface area (Å²) in [7, 11) is 12.0. The second-order valence-electron chi connectivity index (χ2n) is 6.23. The van der Waals surface area contributed by atoms with Crippen molar-refractivity contribution in [2.45, 2.75) is 36.6 Å². The summed E-state index contributed by atoms with van der Waals surface area (Å²) in [5, 5.41) is 0.225. The lowest BCUT2D eigenvalue weighted by Crippen LogP contribution is -2.78. The van der Waals surface area contributed by atoms with Crippen LogP contribution >= 0.6 is 0 Å². The molecule has 1 atom stereocenters. The molecule has 0 aromatic heterocycles. The van der Waals surface area contributed by atoms with Crippen LogP contribution in [0.25, 0.3) is 0 Å². The number of hydrogen-bond donors (Lipinski definition) is 0. The molecule has 0 saturated carbocycles. The third-order valence-electron chi connectivity index (χ3n) is 4.93. The zero-order valence-corrected chi connectivity index (χ0v) is 14.2. The van der Waals surface area contributed by atoms with Crippen LogP contribution in [0.5, 0.6) is 0 Å². The molecule has 4 heteroatoms. The molecule has 1 aliphatic heterocycles. The quantitative estimate of drug-likeness (QED) is 0.430. The van der Waals surface area contributed by atoms with Crippen molar-refractivity contribution in [1.82, 2.24) is 14.4 Å². The Morgan fingerprint density at radius 3 is 2.00 bits per heavy atom. The second-order valence-corrected chi connectivity index (χ2v) is 10.9. The van der Waals surface area contributed by atoms with Gasteiger partial charge in [-0.3, -0.25) is 9.80 Å². The predicted octanol–water partition coefficient (Wildman–Crippen LogP) is 2.22. The lowest BCUT2D eigenvalue weighted by atomic mass is 10.1. The van der Waals surface area contributed by atoms with Gasteiger partial charge in [0.25, 0.3) is 0 Å². The smallest absolute Gasteiger partial charge is 0.170 e. The molecular weight excluding hydrogens is 238 g/mol. The molecule has 1 heterocycles. The molecule has 106 valence electrons. The van der Waals surface area contributed by atoms with Crippen molar-refractivity contribution >= 4 is 8.24 Å². The van der Waals surface area contributed by atoms with E-state index in [-0.39, 0.29) is 5.29 Å². The number of rotatable bonds is 5. The summed E-state index contributed by atoms with van der Waals surface area (Å²) < 4.78 is 2.56. The largest absolute Gasteiger partial charge is 0.326 e. The molecule has 1 rings (SSSR count). The van der Waals surface area contributed by atoms with Crippen molar-refractivity contribution in [3.05, 3.63) is 12.7 Å². The maximum Gasteiger partial charge on any atom is 0.170 e. The van der Waals surface area contributed by atoms with Gasteiger partial charge in [-0.25, -0.2) is 0 Å². The topological polar surface area (TPSA) is 9.72 Å². The molecule has 0 aromatic carbocycles. The van der Waals surface area contributed by atoms with Crippen molar-refractivity contribution < 1.29 is 0 Å². The molecule has 0 radical (unpaired) electrons. The van der Waals surface area contributed by atoms with Crippen LogP contribution < -0.4 is 0 Å². The molecule has 1 saturated heterocycles. The predicted molar refractivity (Wildman–Crippen MR) is 83.2 cm³/mol. The first kappa shape index (κ1) is 15.9. The molecule has 0 aromatic rings. The third-order valence-corrected chi connectivity index (χ3v) is 11.4. The Morgan fingerprint density at radius 1 is 1.06 bits per heavy atom. The highest BCUT2D eigenvalue weighted by molar-refractivity contribution is 6.80. The second kappa shape index (κ2) is 5.86. The average molecular weight is 270 g/mol. The number of allylic oxidation sites excluding steroid dienone is 1. The summed E-state index contributed by atoms with van der Waals surface area (Å²) in [6, 6.07) is 2.55. The monoisotopic (exact) mass is 269 g/mol. The molecule has 1 unspecified atom stereocenters. The van der Waals surface area contributed by atoms with Crippen LogP contribution in [0.15, 0.2) is 12.7 Å². The maximum atomic E-state index is 4.04. The van der Waals surface area contributed by atoms with Gasteiger partial charge in [0.05, 0.1) is 5.29 Å². The zero-order valence-electron chi connectivity index (χ0n) is 13.2. The molecule has 0 N–H and O–H groups in total. The zero-order chi connectivity index (χ0) is 14.0. The van der Waals surface area contributed by atoms with Gasteiger partial charge in [-0.15, -0.1) is 6.58 Å². The van der Waals surface area contributed by atoms with Crippen molar-refractivity contribution in [3.63, 3.8) is 0 Å². The van der Waals surface area contributed by atoms with E-state index in [0.717, 1.165) is 0 Å². The standard InChI is InChI=1S/C14H31N3Si/c1-8-12-18(17(6)7)13-10-9-11-14(18,15(2)3)16(4)5/h8H,1,9-13H2,2-7H3. The highest BCUT2D eigenvalue weighted by Crippen LogP contribution is 2.44. The summed E-state index contributed by atoms with van der Waals surface area (Å²) in [4.78, 5) is 4.95. The van der Waals surface area contributed by atoms with Gasteiger partial charge in [-0.1, -0.05) is 18.9 Å². The van der Waals surface area contributed by atoms with Crippen LogP contribution in [-0.4, -0.2) is 70.2 Å². The normalized spacial score (nSPS) is 28.1. The van der Waals surface area contributed by atoms with E-state index in [0.29, 0.717) is 0 Å². The summed E-state index contributed by atoms with van der Waals surface area (Å²) in [5.41, 5.74) is 0. The van der Waals surface area contributed by atoms with Crippen LogP contribution in [-0.2, 0) is 0 Å². The van der Waals surface area contributed by atoms with Gasteiger partial charge in [0, 0.05) is 0 Å². The van der Waals surface area contributed by atoms with E-state index in [9.17, 15) is 0 Å². The first-order chi connectivity index (χ1) is 8.35. The SMILES string of the molecule is C=CC[Si]1(N(C)C)CCCCC1(N(C)C)N(C)C. The van der Waals surface area contributed by atoms with E-state index in [1.807, 2.05) is 0 Å². The summed E-state index contributed by atoms with van der Waals surface area (Å²) in [5.74, 6) is 0. The molecule has 1 fully saturated rings. The summed E-state index contributed by atoms with van der Waals surface area (Å²) in [6.07, 6.45) is 6.16. The molecule has 0 bridgehead atoms. The maximum absolute atomic E-state index is 4.04. The van der Waals surface area contributed by atoms with E-state index in [1.165, 1.54) is 31.4 Å². The fourth-order valence-electron chi connectivity index (χ4n) is 4.17. The van der Waals surface area contributed by atoms with Gasteiger partial charge < -0.3 is 4.57 Å². The molecule has 1 aliphatic rings. The van der Waals surface area contributed by atoms with Crippen molar-refractivity contribution in [2.75, 3.05) is 42.3 Å². The molecule has 0 spiro atoms. The van der Waals surface area contributed by atoms with Gasteiger partial charge in [-0.2, -0.15) is 0 Å².